The summed E-state index contributed by atoms with van der Waals surface area (Å²) < 4.78 is 2.22. The quantitative estimate of drug-likeness (QED) is 0.869. The van der Waals surface area contributed by atoms with Gasteiger partial charge in [-0.25, -0.2) is 4.98 Å². The van der Waals surface area contributed by atoms with Crippen LogP contribution in [0.2, 0.25) is 0 Å². The molecule has 1 N–H and O–H groups in total. The lowest BCUT2D eigenvalue weighted by atomic mass is 10.1. The van der Waals surface area contributed by atoms with E-state index in [0.717, 1.165) is 25.2 Å². The second-order valence-electron chi connectivity index (χ2n) is 5.63. The first-order chi connectivity index (χ1) is 9.61. The summed E-state index contributed by atoms with van der Waals surface area (Å²) in [6.07, 6.45) is 6.08. The van der Waals surface area contributed by atoms with Crippen LogP contribution in [0.3, 0.4) is 0 Å². The fourth-order valence-corrected chi connectivity index (χ4v) is 2.37. The zero-order chi connectivity index (χ0) is 14.5. The SMILES string of the molecule is CCCc1nccn1-c1ccc(C)cc1CNC(C)C. The van der Waals surface area contributed by atoms with E-state index in [9.17, 15) is 0 Å². The average molecular weight is 271 g/mol. The molecule has 0 saturated carbocycles. The van der Waals surface area contributed by atoms with Crippen LogP contribution in [0.4, 0.5) is 0 Å². The van der Waals surface area contributed by atoms with Crippen molar-refractivity contribution in [2.45, 2.75) is 53.1 Å². The number of nitrogens with one attached hydrogen (secondary N) is 1. The molecule has 20 heavy (non-hydrogen) atoms. The van der Waals surface area contributed by atoms with Crippen LogP contribution in [0.1, 0.15) is 44.1 Å². The van der Waals surface area contributed by atoms with Crippen LogP contribution in [0, 0.1) is 6.92 Å². The Morgan fingerprint density at radius 1 is 1.30 bits per heavy atom. The van der Waals surface area contributed by atoms with Crippen molar-refractivity contribution in [2.75, 3.05) is 0 Å². The van der Waals surface area contributed by atoms with Crippen molar-refractivity contribution in [1.82, 2.24) is 14.9 Å². The molecule has 1 aromatic carbocycles. The first kappa shape index (κ1) is 14.8. The number of nitrogens with zero attached hydrogens (tertiary/aromatic N) is 2. The fourth-order valence-electron chi connectivity index (χ4n) is 2.37. The third kappa shape index (κ3) is 3.48. The van der Waals surface area contributed by atoms with Crippen molar-refractivity contribution in [1.29, 1.82) is 0 Å². The molecule has 0 fully saturated rings. The van der Waals surface area contributed by atoms with Gasteiger partial charge in [-0.3, -0.25) is 0 Å². The van der Waals surface area contributed by atoms with Crippen LogP contribution >= 0.6 is 0 Å². The zero-order valence-electron chi connectivity index (χ0n) is 13.0. The topological polar surface area (TPSA) is 29.9 Å². The second kappa shape index (κ2) is 6.71. The van der Waals surface area contributed by atoms with Gasteiger partial charge in [0.25, 0.3) is 0 Å². The molecule has 2 aromatic rings. The van der Waals surface area contributed by atoms with E-state index in [0.29, 0.717) is 6.04 Å². The maximum absolute atomic E-state index is 4.48. The maximum atomic E-state index is 4.48. The lowest BCUT2D eigenvalue weighted by Gasteiger charge is -2.16. The van der Waals surface area contributed by atoms with Crippen LogP contribution in [-0.2, 0) is 13.0 Å². The summed E-state index contributed by atoms with van der Waals surface area (Å²) in [5, 5.41) is 3.51. The third-order valence-corrected chi connectivity index (χ3v) is 3.39. The summed E-state index contributed by atoms with van der Waals surface area (Å²) in [5.41, 5.74) is 3.87. The number of aryl methyl sites for hydroxylation is 2. The largest absolute Gasteiger partial charge is 0.310 e. The highest BCUT2D eigenvalue weighted by Crippen LogP contribution is 2.19. The standard InChI is InChI=1S/C17H25N3/c1-5-6-17-18-9-10-20(17)16-8-7-14(4)11-15(16)12-19-13(2)3/h7-11,13,19H,5-6,12H2,1-4H3. The van der Waals surface area contributed by atoms with Crippen LogP contribution in [0.25, 0.3) is 5.69 Å². The fraction of sp³-hybridized carbons (Fsp3) is 0.471. The van der Waals surface area contributed by atoms with Gasteiger partial charge in [0.05, 0.1) is 5.69 Å². The van der Waals surface area contributed by atoms with Gasteiger partial charge in [0.1, 0.15) is 5.82 Å². The minimum Gasteiger partial charge on any atom is -0.310 e. The molecule has 0 spiro atoms. The number of imidazole rings is 1. The molecule has 0 radical (unpaired) electrons. The van der Waals surface area contributed by atoms with Gasteiger partial charge < -0.3 is 9.88 Å². The van der Waals surface area contributed by atoms with Crippen molar-refractivity contribution >= 4 is 0 Å². The van der Waals surface area contributed by atoms with Gasteiger partial charge in [-0.05, 0) is 25.0 Å². The Kier molecular flexibility index (Phi) is 4.96. The highest BCUT2D eigenvalue weighted by molar-refractivity contribution is 5.44. The first-order valence-corrected chi connectivity index (χ1v) is 7.47. The van der Waals surface area contributed by atoms with Gasteiger partial charge in [0.15, 0.2) is 0 Å². The number of hydrogen-bond acceptors (Lipinski definition) is 2. The summed E-state index contributed by atoms with van der Waals surface area (Å²) >= 11 is 0. The summed E-state index contributed by atoms with van der Waals surface area (Å²) in [4.78, 5) is 4.48. The van der Waals surface area contributed by atoms with Crippen LogP contribution in [0.5, 0.6) is 0 Å². The zero-order valence-corrected chi connectivity index (χ0v) is 13.0. The van der Waals surface area contributed by atoms with Gasteiger partial charge >= 0.3 is 0 Å². The van der Waals surface area contributed by atoms with Crippen molar-refractivity contribution in [3.8, 4) is 5.69 Å². The molecule has 0 aliphatic carbocycles. The predicted molar refractivity (Wildman–Crippen MR) is 84.3 cm³/mol. The minimum atomic E-state index is 0.487. The van der Waals surface area contributed by atoms with Crippen LogP contribution < -0.4 is 5.32 Å². The molecule has 1 heterocycles. The molecule has 0 unspecified atom stereocenters. The molecule has 2 rings (SSSR count). The number of hydrogen-bond donors (Lipinski definition) is 1. The molecule has 0 bridgehead atoms. The normalized spacial score (nSPS) is 11.2. The smallest absolute Gasteiger partial charge is 0.113 e. The molecule has 0 aliphatic heterocycles. The van der Waals surface area contributed by atoms with E-state index in [1.807, 2.05) is 6.20 Å². The van der Waals surface area contributed by atoms with Gasteiger partial charge in [0.2, 0.25) is 0 Å². The number of benzene rings is 1. The van der Waals surface area contributed by atoms with E-state index in [4.69, 9.17) is 0 Å². The van der Waals surface area contributed by atoms with Gasteiger partial charge in [0, 0.05) is 31.4 Å². The van der Waals surface area contributed by atoms with E-state index in [2.05, 4.69) is 67.0 Å². The lowest BCUT2D eigenvalue weighted by Crippen LogP contribution is -2.22. The van der Waals surface area contributed by atoms with E-state index in [1.54, 1.807) is 0 Å². The average Bonchev–Trinajstić information content (AvgIpc) is 2.85. The molecule has 3 heteroatoms. The Hall–Kier alpha value is -1.61. The summed E-state index contributed by atoms with van der Waals surface area (Å²) in [6.45, 7) is 9.57. The number of rotatable bonds is 6. The Labute approximate surface area is 122 Å². The van der Waals surface area contributed by atoms with E-state index < -0.39 is 0 Å². The second-order valence-corrected chi connectivity index (χ2v) is 5.63. The van der Waals surface area contributed by atoms with Crippen molar-refractivity contribution < 1.29 is 0 Å². The third-order valence-electron chi connectivity index (χ3n) is 3.39. The van der Waals surface area contributed by atoms with Crippen molar-refractivity contribution in [3.05, 3.63) is 47.5 Å². The highest BCUT2D eigenvalue weighted by atomic mass is 15.1. The van der Waals surface area contributed by atoms with E-state index in [1.165, 1.54) is 16.8 Å². The molecule has 0 saturated heterocycles. The molecule has 108 valence electrons. The Morgan fingerprint density at radius 3 is 2.80 bits per heavy atom. The Bertz CT molecular complexity index is 555. The van der Waals surface area contributed by atoms with Gasteiger partial charge in [-0.2, -0.15) is 0 Å². The highest BCUT2D eigenvalue weighted by Gasteiger charge is 2.09. The summed E-state index contributed by atoms with van der Waals surface area (Å²) in [5.74, 6) is 1.14. The molecule has 1 aromatic heterocycles. The molecule has 0 aliphatic rings. The van der Waals surface area contributed by atoms with Crippen LogP contribution in [0.15, 0.2) is 30.6 Å². The minimum absolute atomic E-state index is 0.487. The predicted octanol–water partition coefficient (Wildman–Crippen LogP) is 3.63. The molecular formula is C17H25N3. The summed E-state index contributed by atoms with van der Waals surface area (Å²) in [7, 11) is 0. The summed E-state index contributed by atoms with van der Waals surface area (Å²) in [6, 6.07) is 7.12. The number of aromatic nitrogens is 2. The van der Waals surface area contributed by atoms with E-state index >= 15 is 0 Å². The van der Waals surface area contributed by atoms with Crippen LogP contribution in [-0.4, -0.2) is 15.6 Å². The van der Waals surface area contributed by atoms with Gasteiger partial charge in [-0.1, -0.05) is 38.5 Å². The van der Waals surface area contributed by atoms with Crippen molar-refractivity contribution in [3.63, 3.8) is 0 Å². The lowest BCUT2D eigenvalue weighted by molar-refractivity contribution is 0.587. The maximum Gasteiger partial charge on any atom is 0.113 e. The van der Waals surface area contributed by atoms with Crippen molar-refractivity contribution in [2.24, 2.45) is 0 Å². The molecular weight excluding hydrogens is 246 g/mol. The monoisotopic (exact) mass is 271 g/mol. The molecule has 0 amide bonds. The van der Waals surface area contributed by atoms with Gasteiger partial charge in [-0.15, -0.1) is 0 Å². The first-order valence-electron chi connectivity index (χ1n) is 7.47. The molecule has 0 atom stereocenters. The Morgan fingerprint density at radius 2 is 2.10 bits per heavy atom. The Balaban J connectivity index is 2.36. The van der Waals surface area contributed by atoms with E-state index in [-0.39, 0.29) is 0 Å². The molecule has 3 nitrogen and oxygen atoms in total.